The largest absolute Gasteiger partial charge is 0.416 e. The molecule has 1 N–H and O–H groups in total. The molecule has 0 aliphatic rings. The van der Waals surface area contributed by atoms with Crippen LogP contribution in [0.15, 0.2) is 59.7 Å². The first-order chi connectivity index (χ1) is 13.6. The first-order valence-electron chi connectivity index (χ1n) is 8.75. The molecule has 0 aliphatic carbocycles. The second kappa shape index (κ2) is 7.90. The van der Waals surface area contributed by atoms with Crippen molar-refractivity contribution in [3.8, 4) is 11.3 Å². The first-order valence-corrected chi connectivity index (χ1v) is 8.75. The van der Waals surface area contributed by atoms with E-state index >= 15 is 0 Å². The smallest absolute Gasteiger partial charge is 0.324 e. The maximum atomic E-state index is 12.7. The molecule has 0 aliphatic heterocycles. The number of alkyl halides is 3. The second-order valence-corrected chi connectivity index (χ2v) is 6.61. The van der Waals surface area contributed by atoms with E-state index in [2.05, 4.69) is 10.3 Å². The average molecular weight is 401 g/mol. The highest BCUT2D eigenvalue weighted by atomic mass is 19.4. The number of carbonyl (C=O) groups is 1. The molecule has 3 rings (SSSR count). The van der Waals surface area contributed by atoms with Crippen molar-refractivity contribution in [2.75, 3.05) is 5.32 Å². The zero-order valence-electron chi connectivity index (χ0n) is 15.7. The van der Waals surface area contributed by atoms with Gasteiger partial charge in [-0.3, -0.25) is 14.2 Å². The fourth-order valence-electron chi connectivity index (χ4n) is 2.76. The topological polar surface area (TPSA) is 64.0 Å². The van der Waals surface area contributed by atoms with Crippen molar-refractivity contribution in [3.05, 3.63) is 81.9 Å². The van der Waals surface area contributed by atoms with Crippen LogP contribution in [0.5, 0.6) is 0 Å². The number of amides is 1. The maximum Gasteiger partial charge on any atom is 0.416 e. The molecule has 3 aromatic rings. The Hall–Kier alpha value is -3.42. The summed E-state index contributed by atoms with van der Waals surface area (Å²) < 4.78 is 39.1. The van der Waals surface area contributed by atoms with Crippen molar-refractivity contribution >= 4 is 11.6 Å². The number of aryl methyl sites for hydroxylation is 1. The average Bonchev–Trinajstić information content (AvgIpc) is 2.66. The zero-order valence-corrected chi connectivity index (χ0v) is 15.7. The van der Waals surface area contributed by atoms with Crippen LogP contribution in [0.25, 0.3) is 11.3 Å². The summed E-state index contributed by atoms with van der Waals surface area (Å²) in [5.41, 5.74) is 1.98. The lowest BCUT2D eigenvalue weighted by Gasteiger charge is -2.11. The number of rotatable bonds is 4. The highest BCUT2D eigenvalue weighted by Gasteiger charge is 2.30. The van der Waals surface area contributed by atoms with Crippen LogP contribution in [-0.4, -0.2) is 15.5 Å². The van der Waals surface area contributed by atoms with Gasteiger partial charge in [-0.05, 0) is 43.2 Å². The van der Waals surface area contributed by atoms with Crippen molar-refractivity contribution in [2.24, 2.45) is 0 Å². The monoisotopic (exact) mass is 401 g/mol. The first kappa shape index (κ1) is 20.3. The van der Waals surface area contributed by atoms with Crippen molar-refractivity contribution in [1.29, 1.82) is 0 Å². The maximum absolute atomic E-state index is 12.7. The Balaban J connectivity index is 1.75. The molecule has 8 heteroatoms. The van der Waals surface area contributed by atoms with E-state index in [9.17, 15) is 22.8 Å². The zero-order chi connectivity index (χ0) is 21.2. The van der Waals surface area contributed by atoms with Crippen molar-refractivity contribution in [3.63, 3.8) is 0 Å². The van der Waals surface area contributed by atoms with Crippen LogP contribution in [0.1, 0.15) is 16.7 Å². The van der Waals surface area contributed by atoms with Crippen LogP contribution in [0, 0.1) is 13.8 Å². The minimum Gasteiger partial charge on any atom is -0.324 e. The van der Waals surface area contributed by atoms with Gasteiger partial charge in [0.1, 0.15) is 6.54 Å². The predicted octanol–water partition coefficient (Wildman–Crippen LogP) is 4.18. The summed E-state index contributed by atoms with van der Waals surface area (Å²) in [6.07, 6.45) is -3.23. The summed E-state index contributed by atoms with van der Waals surface area (Å²) >= 11 is 0. The molecule has 0 radical (unpaired) electrons. The van der Waals surface area contributed by atoms with Gasteiger partial charge in [0.05, 0.1) is 17.6 Å². The van der Waals surface area contributed by atoms with Gasteiger partial charge in [-0.15, -0.1) is 0 Å². The van der Waals surface area contributed by atoms with Gasteiger partial charge in [0.15, 0.2) is 0 Å². The van der Waals surface area contributed by atoms with Gasteiger partial charge < -0.3 is 5.32 Å². The molecular weight excluding hydrogens is 383 g/mol. The number of anilines is 1. The Kier molecular flexibility index (Phi) is 5.54. The molecule has 0 saturated carbocycles. The van der Waals surface area contributed by atoms with Gasteiger partial charge in [-0.1, -0.05) is 24.3 Å². The van der Waals surface area contributed by atoms with E-state index in [1.165, 1.54) is 24.5 Å². The fourth-order valence-corrected chi connectivity index (χ4v) is 2.76. The van der Waals surface area contributed by atoms with E-state index in [1.54, 1.807) is 6.07 Å². The van der Waals surface area contributed by atoms with Gasteiger partial charge in [0, 0.05) is 17.3 Å². The predicted molar refractivity (Wildman–Crippen MR) is 103 cm³/mol. The number of hydrogen-bond acceptors (Lipinski definition) is 3. The third-order valence-corrected chi connectivity index (χ3v) is 4.58. The Labute approximate surface area is 164 Å². The fraction of sp³-hybridized carbons (Fsp3) is 0.190. The highest BCUT2D eigenvalue weighted by molar-refractivity contribution is 5.91. The molecule has 1 amide bonds. The third kappa shape index (κ3) is 4.71. The second-order valence-electron chi connectivity index (χ2n) is 6.61. The number of nitrogens with one attached hydrogen (secondary N) is 1. The van der Waals surface area contributed by atoms with Crippen LogP contribution in [0.3, 0.4) is 0 Å². The number of nitrogens with zero attached hydrogens (tertiary/aromatic N) is 2. The lowest BCUT2D eigenvalue weighted by Crippen LogP contribution is -2.27. The van der Waals surface area contributed by atoms with Gasteiger partial charge in [-0.25, -0.2) is 4.98 Å². The molecule has 0 bridgehead atoms. The molecule has 1 heterocycles. The summed E-state index contributed by atoms with van der Waals surface area (Å²) in [7, 11) is 0. The molecule has 2 aromatic carbocycles. The molecule has 0 atom stereocenters. The number of hydrogen-bond donors (Lipinski definition) is 1. The van der Waals surface area contributed by atoms with E-state index in [1.807, 2.05) is 26.0 Å². The molecule has 0 spiro atoms. The Morgan fingerprint density at radius 2 is 1.79 bits per heavy atom. The number of aromatic nitrogens is 2. The molecule has 5 nitrogen and oxygen atoms in total. The van der Waals surface area contributed by atoms with Crippen LogP contribution in [0.4, 0.5) is 18.9 Å². The van der Waals surface area contributed by atoms with Crippen LogP contribution >= 0.6 is 0 Å². The number of halogens is 3. The normalized spacial score (nSPS) is 11.3. The Morgan fingerprint density at radius 3 is 2.41 bits per heavy atom. The number of carbonyl (C=O) groups excluding carboxylic acids is 1. The van der Waals surface area contributed by atoms with Crippen LogP contribution in [-0.2, 0) is 17.5 Å². The van der Waals surface area contributed by atoms with E-state index in [4.69, 9.17) is 0 Å². The standard InChI is InChI=1S/C21H18F3N3O2/c1-13-4-3-5-17(14(13)2)26-19(28)11-27-12-25-18(10-20(27)29)15-6-8-16(9-7-15)21(22,23)24/h3-10,12H,11H2,1-2H3,(H,26,28). The van der Waals surface area contributed by atoms with Crippen LogP contribution < -0.4 is 10.9 Å². The summed E-state index contributed by atoms with van der Waals surface area (Å²) in [5, 5.41) is 2.76. The summed E-state index contributed by atoms with van der Waals surface area (Å²) in [5.74, 6) is -0.384. The third-order valence-electron chi connectivity index (χ3n) is 4.58. The van der Waals surface area contributed by atoms with Crippen molar-refractivity contribution < 1.29 is 18.0 Å². The molecule has 0 unspecified atom stereocenters. The molecule has 1 aromatic heterocycles. The summed E-state index contributed by atoms with van der Waals surface area (Å²) in [4.78, 5) is 28.7. The minimum absolute atomic E-state index is 0.230. The minimum atomic E-state index is -4.43. The molecule has 0 fully saturated rings. The molecule has 150 valence electrons. The van der Waals surface area contributed by atoms with E-state index < -0.39 is 17.3 Å². The lowest BCUT2D eigenvalue weighted by atomic mass is 10.1. The van der Waals surface area contributed by atoms with E-state index in [0.29, 0.717) is 11.3 Å². The van der Waals surface area contributed by atoms with Crippen molar-refractivity contribution in [2.45, 2.75) is 26.6 Å². The summed E-state index contributed by atoms with van der Waals surface area (Å²) in [6, 6.07) is 11.1. The van der Waals surface area contributed by atoms with E-state index in [-0.39, 0.29) is 18.1 Å². The Morgan fingerprint density at radius 1 is 1.10 bits per heavy atom. The summed E-state index contributed by atoms with van der Waals surface area (Å²) in [6.45, 7) is 3.59. The van der Waals surface area contributed by atoms with Crippen molar-refractivity contribution in [1.82, 2.24) is 9.55 Å². The van der Waals surface area contributed by atoms with Gasteiger partial charge in [0.2, 0.25) is 5.91 Å². The lowest BCUT2D eigenvalue weighted by molar-refractivity contribution is -0.137. The van der Waals surface area contributed by atoms with Gasteiger partial charge in [-0.2, -0.15) is 13.2 Å². The van der Waals surface area contributed by atoms with E-state index in [0.717, 1.165) is 27.8 Å². The highest BCUT2D eigenvalue weighted by Crippen LogP contribution is 2.30. The van der Waals surface area contributed by atoms with Gasteiger partial charge >= 0.3 is 6.18 Å². The van der Waals surface area contributed by atoms with Crippen LogP contribution in [0.2, 0.25) is 0 Å². The number of benzene rings is 2. The SMILES string of the molecule is Cc1cccc(NC(=O)Cn2cnc(-c3ccc(C(F)(F)F)cc3)cc2=O)c1C. The molecule has 29 heavy (non-hydrogen) atoms. The van der Waals surface area contributed by atoms with Gasteiger partial charge in [0.25, 0.3) is 5.56 Å². The molecular formula is C21H18F3N3O2. The Bertz CT molecular complexity index is 1100. The quantitative estimate of drug-likeness (QED) is 0.713. The molecule has 0 saturated heterocycles.